The first kappa shape index (κ1) is 29.6. The molecule has 216 valence electrons. The number of amides is 1. The number of carbonyl (C=O) groups is 2. The molecule has 1 atom stereocenters. The van der Waals surface area contributed by atoms with Crippen molar-refractivity contribution in [1.82, 2.24) is 9.88 Å². The number of ether oxygens (including phenoxy) is 3. The van der Waals surface area contributed by atoms with E-state index in [2.05, 4.69) is 18.8 Å². The number of aliphatic hydroxyl groups excluding tert-OH is 1. The highest BCUT2D eigenvalue weighted by Crippen LogP contribution is 2.43. The summed E-state index contributed by atoms with van der Waals surface area (Å²) < 4.78 is 17.6. The van der Waals surface area contributed by atoms with Crippen LogP contribution in [0.5, 0.6) is 17.2 Å². The topological polar surface area (TPSA) is 98.2 Å². The van der Waals surface area contributed by atoms with Crippen molar-refractivity contribution in [1.29, 1.82) is 0 Å². The third kappa shape index (κ3) is 7.06. The number of pyridine rings is 1. The van der Waals surface area contributed by atoms with Gasteiger partial charge in [0.25, 0.3) is 11.7 Å². The highest BCUT2D eigenvalue weighted by molar-refractivity contribution is 6.46. The molecule has 8 nitrogen and oxygen atoms in total. The summed E-state index contributed by atoms with van der Waals surface area (Å²) >= 11 is 0. The third-order valence-electron chi connectivity index (χ3n) is 6.75. The van der Waals surface area contributed by atoms with Crippen LogP contribution in [0, 0.1) is 5.92 Å². The zero-order chi connectivity index (χ0) is 29.4. The predicted octanol–water partition coefficient (Wildman–Crippen LogP) is 6.32. The maximum atomic E-state index is 13.5. The van der Waals surface area contributed by atoms with E-state index in [1.165, 1.54) is 4.90 Å². The van der Waals surface area contributed by atoms with Crippen LogP contribution in [-0.4, -0.2) is 46.5 Å². The van der Waals surface area contributed by atoms with Crippen molar-refractivity contribution in [3.63, 3.8) is 0 Å². The fraction of sp³-hybridized carbons (Fsp3) is 0.364. The number of aromatic nitrogens is 1. The van der Waals surface area contributed by atoms with Crippen molar-refractivity contribution < 1.29 is 28.9 Å². The van der Waals surface area contributed by atoms with E-state index in [9.17, 15) is 14.7 Å². The molecule has 8 heteroatoms. The Labute approximate surface area is 241 Å². The van der Waals surface area contributed by atoms with E-state index >= 15 is 0 Å². The van der Waals surface area contributed by atoms with E-state index < -0.39 is 17.7 Å². The van der Waals surface area contributed by atoms with Crippen molar-refractivity contribution in [3.05, 3.63) is 89.3 Å². The minimum Gasteiger partial charge on any atom is -0.507 e. The predicted molar refractivity (Wildman–Crippen MR) is 157 cm³/mol. The van der Waals surface area contributed by atoms with Crippen LogP contribution in [0.1, 0.15) is 63.3 Å². The summed E-state index contributed by atoms with van der Waals surface area (Å²) in [5.74, 6) is 0.549. The summed E-state index contributed by atoms with van der Waals surface area (Å²) in [5.41, 5.74) is 1.81. The molecule has 1 fully saturated rings. The average Bonchev–Trinajstić information content (AvgIpc) is 3.22. The maximum absolute atomic E-state index is 13.5. The monoisotopic (exact) mass is 558 g/mol. The SMILES string of the molecule is CCCOc1ccc(C(O)=C2C(=O)C(=O)N(Cc3cccnc3)C2c2ccc(OCCC(C)C)c(OCC)c2)cc1. The number of rotatable bonds is 13. The lowest BCUT2D eigenvalue weighted by atomic mass is 9.94. The fourth-order valence-corrected chi connectivity index (χ4v) is 4.65. The lowest BCUT2D eigenvalue weighted by molar-refractivity contribution is -0.140. The number of ketones is 1. The molecule has 1 unspecified atom stereocenters. The average molecular weight is 559 g/mol. The van der Waals surface area contributed by atoms with Gasteiger partial charge in [0.15, 0.2) is 11.5 Å². The van der Waals surface area contributed by atoms with Crippen molar-refractivity contribution >= 4 is 17.4 Å². The van der Waals surface area contributed by atoms with Crippen molar-refractivity contribution in [2.75, 3.05) is 19.8 Å². The van der Waals surface area contributed by atoms with Gasteiger partial charge in [0.2, 0.25) is 0 Å². The molecule has 1 saturated heterocycles. The van der Waals surface area contributed by atoms with Crippen LogP contribution in [-0.2, 0) is 16.1 Å². The summed E-state index contributed by atoms with van der Waals surface area (Å²) in [6.07, 6.45) is 5.06. The van der Waals surface area contributed by atoms with E-state index in [-0.39, 0.29) is 17.9 Å². The van der Waals surface area contributed by atoms with E-state index in [0.717, 1.165) is 18.4 Å². The summed E-state index contributed by atoms with van der Waals surface area (Å²) in [6, 6.07) is 15.0. The molecule has 2 aromatic carbocycles. The number of likely N-dealkylation sites (tertiary alicyclic amines) is 1. The van der Waals surface area contributed by atoms with E-state index in [1.54, 1.807) is 54.9 Å². The van der Waals surface area contributed by atoms with Gasteiger partial charge in [-0.3, -0.25) is 14.6 Å². The van der Waals surface area contributed by atoms with Gasteiger partial charge in [-0.15, -0.1) is 0 Å². The summed E-state index contributed by atoms with van der Waals surface area (Å²) in [6.45, 7) is 9.82. The normalized spacial score (nSPS) is 16.3. The first-order valence-corrected chi connectivity index (χ1v) is 14.1. The summed E-state index contributed by atoms with van der Waals surface area (Å²) in [5, 5.41) is 11.5. The quantitative estimate of drug-likeness (QED) is 0.149. The van der Waals surface area contributed by atoms with Gasteiger partial charge < -0.3 is 24.2 Å². The molecule has 1 N–H and O–H groups in total. The third-order valence-corrected chi connectivity index (χ3v) is 6.75. The van der Waals surface area contributed by atoms with Crippen LogP contribution in [0.4, 0.5) is 0 Å². The molecule has 1 aliphatic heterocycles. The highest BCUT2D eigenvalue weighted by Gasteiger charge is 2.46. The smallest absolute Gasteiger partial charge is 0.295 e. The number of benzene rings is 2. The van der Waals surface area contributed by atoms with Gasteiger partial charge in [-0.25, -0.2) is 0 Å². The molecule has 3 aromatic rings. The van der Waals surface area contributed by atoms with Crippen molar-refractivity contribution in [2.24, 2.45) is 5.92 Å². The zero-order valence-electron chi connectivity index (χ0n) is 24.1. The van der Waals surface area contributed by atoms with E-state index in [0.29, 0.717) is 54.1 Å². The van der Waals surface area contributed by atoms with Crippen LogP contribution in [0.3, 0.4) is 0 Å². The lowest BCUT2D eigenvalue weighted by Crippen LogP contribution is -2.29. The highest BCUT2D eigenvalue weighted by atomic mass is 16.5. The first-order chi connectivity index (χ1) is 19.8. The largest absolute Gasteiger partial charge is 0.507 e. The number of hydrogen-bond donors (Lipinski definition) is 1. The van der Waals surface area contributed by atoms with Gasteiger partial charge in [-0.05, 0) is 79.3 Å². The standard InChI is InChI=1S/C33H38N2O6/c1-5-17-40-26-12-9-24(10-13-26)31(36)29-30(35(33(38)32(29)37)21-23-8-7-16-34-20-23)25-11-14-27(28(19-25)39-6-2)41-18-15-22(3)4/h7-14,16,19-20,22,30,36H,5-6,15,17-18,21H2,1-4H3. The molecular weight excluding hydrogens is 520 g/mol. The van der Waals surface area contributed by atoms with E-state index in [4.69, 9.17) is 14.2 Å². The Balaban J connectivity index is 1.78. The first-order valence-electron chi connectivity index (χ1n) is 14.1. The minimum atomic E-state index is -0.852. The molecule has 1 aliphatic rings. The number of nitrogens with zero attached hydrogens (tertiary/aromatic N) is 2. The molecule has 0 radical (unpaired) electrons. The Bertz CT molecular complexity index is 1370. The Morgan fingerprint density at radius 3 is 2.41 bits per heavy atom. The van der Waals surface area contributed by atoms with Gasteiger partial charge in [0.1, 0.15) is 11.5 Å². The Morgan fingerprint density at radius 1 is 0.976 bits per heavy atom. The van der Waals surface area contributed by atoms with Crippen molar-refractivity contribution in [2.45, 2.75) is 53.1 Å². The van der Waals surface area contributed by atoms with Crippen molar-refractivity contribution in [3.8, 4) is 17.2 Å². The van der Waals surface area contributed by atoms with Crippen LogP contribution in [0.15, 0.2) is 72.6 Å². The Morgan fingerprint density at radius 2 is 1.76 bits per heavy atom. The van der Waals surface area contributed by atoms with Crippen LogP contribution in [0.2, 0.25) is 0 Å². The molecule has 0 saturated carbocycles. The number of carbonyl (C=O) groups excluding carboxylic acids is 2. The number of Topliss-reactive ketones (excluding diaryl/α,β-unsaturated/α-hetero) is 1. The number of hydrogen-bond acceptors (Lipinski definition) is 7. The van der Waals surface area contributed by atoms with Gasteiger partial charge in [0.05, 0.1) is 31.4 Å². The molecule has 0 spiro atoms. The van der Waals surface area contributed by atoms with E-state index in [1.807, 2.05) is 26.0 Å². The summed E-state index contributed by atoms with van der Waals surface area (Å²) in [4.78, 5) is 32.5. The van der Waals surface area contributed by atoms with Crippen LogP contribution < -0.4 is 14.2 Å². The Hall–Kier alpha value is -4.33. The second-order valence-corrected chi connectivity index (χ2v) is 10.3. The maximum Gasteiger partial charge on any atom is 0.295 e. The molecule has 2 heterocycles. The molecule has 0 bridgehead atoms. The van der Waals surface area contributed by atoms with Gasteiger partial charge in [-0.1, -0.05) is 32.9 Å². The van der Waals surface area contributed by atoms with Crippen LogP contribution >= 0.6 is 0 Å². The lowest BCUT2D eigenvalue weighted by Gasteiger charge is -2.26. The molecule has 1 aromatic heterocycles. The minimum absolute atomic E-state index is 0.0111. The molecule has 1 amide bonds. The summed E-state index contributed by atoms with van der Waals surface area (Å²) in [7, 11) is 0. The molecule has 4 rings (SSSR count). The van der Waals surface area contributed by atoms with Gasteiger partial charge in [-0.2, -0.15) is 0 Å². The van der Waals surface area contributed by atoms with Gasteiger partial charge >= 0.3 is 0 Å². The number of aliphatic hydroxyl groups is 1. The zero-order valence-corrected chi connectivity index (χ0v) is 24.1. The fourth-order valence-electron chi connectivity index (χ4n) is 4.65. The molecule has 41 heavy (non-hydrogen) atoms. The second-order valence-electron chi connectivity index (χ2n) is 10.3. The van der Waals surface area contributed by atoms with Gasteiger partial charge in [0, 0.05) is 24.5 Å². The Kier molecular flexibility index (Phi) is 10.0. The van der Waals surface area contributed by atoms with Crippen LogP contribution in [0.25, 0.3) is 5.76 Å². The molecule has 0 aliphatic carbocycles. The second kappa shape index (κ2) is 13.8. The molecular formula is C33H38N2O6.